The fourth-order valence-electron chi connectivity index (χ4n) is 3.28. The Bertz CT molecular complexity index is 1250. The van der Waals surface area contributed by atoms with Gasteiger partial charge in [-0.3, -0.25) is 4.79 Å². The molecule has 9 heteroatoms. The number of carbonyl (C=O) groups is 1. The summed E-state index contributed by atoms with van der Waals surface area (Å²) in [4.78, 5) is 21.5. The lowest BCUT2D eigenvalue weighted by atomic mass is 10.2. The molecule has 0 atom stereocenters. The van der Waals surface area contributed by atoms with Gasteiger partial charge in [0.05, 0.1) is 12.8 Å². The second-order valence-electron chi connectivity index (χ2n) is 7.43. The van der Waals surface area contributed by atoms with Gasteiger partial charge in [0.15, 0.2) is 0 Å². The number of ether oxygens (including phenoxy) is 1. The lowest BCUT2D eigenvalue weighted by molar-refractivity contribution is 0.102. The van der Waals surface area contributed by atoms with Gasteiger partial charge < -0.3 is 25.2 Å². The van der Waals surface area contributed by atoms with Crippen LogP contribution in [0.25, 0.3) is 0 Å². The molecule has 9 nitrogen and oxygen atoms in total. The van der Waals surface area contributed by atoms with Crippen molar-refractivity contribution in [3.8, 4) is 5.75 Å². The minimum Gasteiger partial charge on any atom is -0.497 e. The summed E-state index contributed by atoms with van der Waals surface area (Å²) >= 11 is 0. The van der Waals surface area contributed by atoms with Crippen LogP contribution in [0, 0.1) is 20.8 Å². The Labute approximate surface area is 191 Å². The molecule has 0 aliphatic carbocycles. The number of hydrogen-bond acceptors (Lipinski definition) is 8. The smallest absolute Gasteiger partial charge is 0.261 e. The highest BCUT2D eigenvalue weighted by atomic mass is 16.5. The van der Waals surface area contributed by atoms with E-state index in [9.17, 15) is 4.79 Å². The third kappa shape index (κ3) is 5.27. The molecule has 2 heterocycles. The number of rotatable bonds is 7. The minimum atomic E-state index is -0.261. The monoisotopic (exact) mass is 444 g/mol. The normalized spacial score (nSPS) is 10.5. The molecule has 2 aromatic carbocycles. The van der Waals surface area contributed by atoms with Gasteiger partial charge in [0.2, 0.25) is 5.95 Å². The summed E-state index contributed by atoms with van der Waals surface area (Å²) in [6.45, 7) is 5.35. The summed E-state index contributed by atoms with van der Waals surface area (Å²) in [5, 5.41) is 13.1. The standard InChI is InChI=1S/C24H24N6O3/c1-14-13-21(26-17-9-11-20(32-4)12-10-17)29-24(25-14)28-19-7-5-18(6-8-19)27-23(31)22-15(2)30-33-16(22)3/h5-13H,1-4H3,(H,27,31)(H2,25,26,28,29). The zero-order valence-corrected chi connectivity index (χ0v) is 18.8. The van der Waals surface area contributed by atoms with Crippen LogP contribution in [0.3, 0.4) is 0 Å². The maximum Gasteiger partial charge on any atom is 0.261 e. The number of aryl methyl sites for hydroxylation is 3. The van der Waals surface area contributed by atoms with Gasteiger partial charge in [-0.05, 0) is 69.3 Å². The molecule has 4 aromatic rings. The summed E-state index contributed by atoms with van der Waals surface area (Å²) in [6.07, 6.45) is 0. The van der Waals surface area contributed by atoms with Crippen molar-refractivity contribution in [2.75, 3.05) is 23.1 Å². The summed E-state index contributed by atoms with van der Waals surface area (Å²) in [7, 11) is 1.63. The van der Waals surface area contributed by atoms with Crippen LogP contribution in [0.4, 0.5) is 28.8 Å². The van der Waals surface area contributed by atoms with Gasteiger partial charge in [0, 0.05) is 28.8 Å². The Morgan fingerprint density at radius 1 is 0.879 bits per heavy atom. The van der Waals surface area contributed by atoms with Crippen molar-refractivity contribution >= 4 is 34.7 Å². The molecule has 0 aliphatic heterocycles. The maximum atomic E-state index is 12.5. The Kier molecular flexibility index (Phi) is 6.21. The molecule has 0 saturated carbocycles. The van der Waals surface area contributed by atoms with E-state index in [1.165, 1.54) is 0 Å². The maximum absolute atomic E-state index is 12.5. The molecule has 2 aromatic heterocycles. The van der Waals surface area contributed by atoms with Crippen molar-refractivity contribution in [1.82, 2.24) is 15.1 Å². The first kappa shape index (κ1) is 21.8. The highest BCUT2D eigenvalue weighted by molar-refractivity contribution is 6.05. The molecule has 33 heavy (non-hydrogen) atoms. The number of nitrogens with zero attached hydrogens (tertiary/aromatic N) is 3. The van der Waals surface area contributed by atoms with Crippen LogP contribution < -0.4 is 20.7 Å². The number of nitrogens with one attached hydrogen (secondary N) is 3. The minimum absolute atomic E-state index is 0.261. The average molecular weight is 444 g/mol. The second kappa shape index (κ2) is 9.39. The number of carbonyl (C=O) groups excluding carboxylic acids is 1. The van der Waals surface area contributed by atoms with Crippen LogP contribution in [-0.4, -0.2) is 28.1 Å². The predicted octanol–water partition coefficient (Wildman–Crippen LogP) is 5.14. The van der Waals surface area contributed by atoms with Gasteiger partial charge in [0.25, 0.3) is 5.91 Å². The van der Waals surface area contributed by atoms with Crippen LogP contribution in [0.2, 0.25) is 0 Å². The number of amides is 1. The number of methoxy groups -OCH3 is 1. The molecule has 3 N–H and O–H groups in total. The van der Waals surface area contributed by atoms with Crippen LogP contribution in [-0.2, 0) is 0 Å². The summed E-state index contributed by atoms with van der Waals surface area (Å²) < 4.78 is 10.3. The topological polar surface area (TPSA) is 114 Å². The molecular weight excluding hydrogens is 420 g/mol. The van der Waals surface area contributed by atoms with Crippen molar-refractivity contribution in [1.29, 1.82) is 0 Å². The van der Waals surface area contributed by atoms with Crippen LogP contribution in [0.1, 0.15) is 27.5 Å². The highest BCUT2D eigenvalue weighted by Crippen LogP contribution is 2.22. The third-order valence-corrected chi connectivity index (χ3v) is 4.88. The van der Waals surface area contributed by atoms with Crippen molar-refractivity contribution in [3.63, 3.8) is 0 Å². The van der Waals surface area contributed by atoms with Crippen molar-refractivity contribution < 1.29 is 14.1 Å². The number of aromatic nitrogens is 3. The van der Waals surface area contributed by atoms with Gasteiger partial charge in [-0.15, -0.1) is 0 Å². The van der Waals surface area contributed by atoms with Gasteiger partial charge in [0.1, 0.15) is 22.9 Å². The van der Waals surface area contributed by atoms with Crippen molar-refractivity contribution in [2.45, 2.75) is 20.8 Å². The molecule has 0 bridgehead atoms. The van der Waals surface area contributed by atoms with Crippen LogP contribution >= 0.6 is 0 Å². The Morgan fingerprint density at radius 3 is 2.15 bits per heavy atom. The average Bonchev–Trinajstić information content (AvgIpc) is 3.13. The van der Waals surface area contributed by atoms with Gasteiger partial charge >= 0.3 is 0 Å². The lowest BCUT2D eigenvalue weighted by Gasteiger charge is -2.11. The zero-order chi connectivity index (χ0) is 23.4. The van der Waals surface area contributed by atoms with E-state index in [1.807, 2.05) is 49.4 Å². The molecule has 0 unspecified atom stereocenters. The molecule has 0 spiro atoms. The predicted molar refractivity (Wildman–Crippen MR) is 127 cm³/mol. The van der Waals surface area contributed by atoms with E-state index in [0.29, 0.717) is 34.5 Å². The molecule has 0 aliphatic rings. The number of hydrogen-bond donors (Lipinski definition) is 3. The number of anilines is 5. The Balaban J connectivity index is 1.43. The first-order valence-electron chi connectivity index (χ1n) is 10.3. The fraction of sp³-hybridized carbons (Fsp3) is 0.167. The highest BCUT2D eigenvalue weighted by Gasteiger charge is 2.17. The van der Waals surface area contributed by atoms with E-state index in [2.05, 4.69) is 31.1 Å². The third-order valence-electron chi connectivity index (χ3n) is 4.88. The molecule has 1 amide bonds. The van der Waals surface area contributed by atoms with Crippen molar-refractivity contribution in [2.24, 2.45) is 0 Å². The Morgan fingerprint density at radius 2 is 1.52 bits per heavy atom. The lowest BCUT2D eigenvalue weighted by Crippen LogP contribution is -2.13. The first-order valence-corrected chi connectivity index (χ1v) is 10.3. The van der Waals surface area contributed by atoms with E-state index in [0.717, 1.165) is 22.8 Å². The molecule has 168 valence electrons. The molecule has 0 radical (unpaired) electrons. The SMILES string of the molecule is COc1ccc(Nc2cc(C)nc(Nc3ccc(NC(=O)c4c(C)noc4C)cc3)n2)cc1. The zero-order valence-electron chi connectivity index (χ0n) is 18.8. The molecule has 0 fully saturated rings. The van der Waals surface area contributed by atoms with E-state index >= 15 is 0 Å². The molecule has 4 rings (SSSR count). The van der Waals surface area contributed by atoms with E-state index < -0.39 is 0 Å². The van der Waals surface area contributed by atoms with E-state index in [4.69, 9.17) is 9.26 Å². The van der Waals surface area contributed by atoms with Gasteiger partial charge in [-0.25, -0.2) is 4.98 Å². The Hall–Kier alpha value is -4.40. The summed E-state index contributed by atoms with van der Waals surface area (Å²) in [5.41, 5.74) is 4.13. The van der Waals surface area contributed by atoms with Crippen molar-refractivity contribution in [3.05, 3.63) is 77.3 Å². The quantitative estimate of drug-likeness (QED) is 0.359. The van der Waals surface area contributed by atoms with E-state index in [-0.39, 0.29) is 5.91 Å². The summed E-state index contributed by atoms with van der Waals surface area (Å²) in [5.74, 6) is 2.13. The largest absolute Gasteiger partial charge is 0.497 e. The van der Waals surface area contributed by atoms with Gasteiger partial charge in [-0.1, -0.05) is 5.16 Å². The first-order chi connectivity index (χ1) is 15.9. The van der Waals surface area contributed by atoms with Crippen LogP contribution in [0.5, 0.6) is 5.75 Å². The fourth-order valence-corrected chi connectivity index (χ4v) is 3.28. The molecular formula is C24H24N6O3. The van der Waals surface area contributed by atoms with E-state index in [1.54, 1.807) is 33.1 Å². The van der Waals surface area contributed by atoms with Crippen LogP contribution in [0.15, 0.2) is 59.1 Å². The van der Waals surface area contributed by atoms with Gasteiger partial charge in [-0.2, -0.15) is 4.98 Å². The number of benzene rings is 2. The second-order valence-corrected chi connectivity index (χ2v) is 7.43. The summed E-state index contributed by atoms with van der Waals surface area (Å²) in [6, 6.07) is 16.7. The molecule has 0 saturated heterocycles.